The molecule has 3 aromatic rings. The Morgan fingerprint density at radius 3 is 2.39 bits per heavy atom. The Hall–Kier alpha value is -4.20. The molecule has 1 saturated carbocycles. The summed E-state index contributed by atoms with van der Waals surface area (Å²) in [7, 11) is 0. The van der Waals surface area contributed by atoms with E-state index in [2.05, 4.69) is 22.7 Å². The molecule has 1 fully saturated rings. The monoisotopic (exact) mass is 514 g/mol. The van der Waals surface area contributed by atoms with E-state index >= 15 is 0 Å². The van der Waals surface area contributed by atoms with Crippen LogP contribution in [0.5, 0.6) is 0 Å². The Kier molecular flexibility index (Phi) is 8.73. The predicted octanol–water partition coefficient (Wildman–Crippen LogP) is 5.18. The van der Waals surface area contributed by atoms with Gasteiger partial charge in [0, 0.05) is 29.9 Å². The van der Waals surface area contributed by atoms with Crippen LogP contribution in [0.2, 0.25) is 0 Å². The van der Waals surface area contributed by atoms with Crippen molar-refractivity contribution in [3.05, 3.63) is 89.2 Å². The highest BCUT2D eigenvalue weighted by molar-refractivity contribution is 6.10. The molecular formula is C30H34N4O4. The number of hydrogen-bond donors (Lipinski definition) is 2. The standard InChI is InChI=1S/C30H34N4O4/c1-4-22-13-15-23(16-14-22)29(30(37)31-24-10-6-7-11-24)34(25-12-8-5-9-20(25)2)28(36)18-17-27(35)32-26-19-21(3)38-33-26/h5,8-9,12-19,24,29H,4,6-7,10-11H2,1-3H3,(H,31,37)(H,32,33,35)/b18-17+. The van der Waals surface area contributed by atoms with Crippen LogP contribution in [0.15, 0.2) is 71.3 Å². The summed E-state index contributed by atoms with van der Waals surface area (Å²) in [5.41, 5.74) is 3.27. The minimum absolute atomic E-state index is 0.0842. The summed E-state index contributed by atoms with van der Waals surface area (Å²) in [5.74, 6) is -0.456. The van der Waals surface area contributed by atoms with E-state index in [1.54, 1.807) is 13.0 Å². The number of nitrogens with zero attached hydrogens (tertiary/aromatic N) is 2. The van der Waals surface area contributed by atoms with Crippen LogP contribution in [0.25, 0.3) is 0 Å². The molecule has 38 heavy (non-hydrogen) atoms. The first-order valence-corrected chi connectivity index (χ1v) is 13.1. The van der Waals surface area contributed by atoms with Gasteiger partial charge in [0.15, 0.2) is 5.82 Å². The van der Waals surface area contributed by atoms with Gasteiger partial charge in [0.2, 0.25) is 11.8 Å². The molecule has 0 radical (unpaired) electrons. The SMILES string of the molecule is CCc1ccc(C(C(=O)NC2CCCC2)N(C(=O)/C=C/C(=O)Nc2cc(C)on2)c2ccccc2C)cc1. The van der Waals surface area contributed by atoms with E-state index in [1.807, 2.05) is 55.5 Å². The second-order valence-electron chi connectivity index (χ2n) is 9.63. The van der Waals surface area contributed by atoms with Crippen molar-refractivity contribution < 1.29 is 18.9 Å². The quantitative estimate of drug-likeness (QED) is 0.383. The number of aromatic nitrogens is 1. The molecule has 1 aliphatic rings. The number of carbonyl (C=O) groups is 3. The van der Waals surface area contributed by atoms with Crippen LogP contribution in [0.3, 0.4) is 0 Å². The predicted molar refractivity (Wildman–Crippen MR) is 147 cm³/mol. The number of anilines is 2. The zero-order valence-electron chi connectivity index (χ0n) is 22.1. The Morgan fingerprint density at radius 1 is 1.05 bits per heavy atom. The van der Waals surface area contributed by atoms with Gasteiger partial charge in [-0.25, -0.2) is 0 Å². The molecule has 4 rings (SSSR count). The lowest BCUT2D eigenvalue weighted by atomic mass is 9.99. The van der Waals surface area contributed by atoms with E-state index in [0.29, 0.717) is 17.0 Å². The van der Waals surface area contributed by atoms with E-state index in [9.17, 15) is 14.4 Å². The Labute approximate surface area is 223 Å². The lowest BCUT2D eigenvalue weighted by molar-refractivity contribution is -0.125. The highest BCUT2D eigenvalue weighted by Crippen LogP contribution is 2.32. The molecule has 0 saturated heterocycles. The maximum Gasteiger partial charge on any atom is 0.252 e. The van der Waals surface area contributed by atoms with E-state index in [1.165, 1.54) is 11.0 Å². The number of hydrogen-bond acceptors (Lipinski definition) is 5. The lowest BCUT2D eigenvalue weighted by Gasteiger charge is -2.32. The molecule has 1 heterocycles. The van der Waals surface area contributed by atoms with Crippen LogP contribution in [-0.4, -0.2) is 28.9 Å². The zero-order chi connectivity index (χ0) is 27.1. The Balaban J connectivity index is 1.70. The molecule has 8 nitrogen and oxygen atoms in total. The van der Waals surface area contributed by atoms with Crippen LogP contribution in [0, 0.1) is 13.8 Å². The molecule has 2 aromatic carbocycles. The minimum Gasteiger partial charge on any atom is -0.360 e. The average molecular weight is 515 g/mol. The second kappa shape index (κ2) is 12.4. The van der Waals surface area contributed by atoms with Crippen LogP contribution in [-0.2, 0) is 20.8 Å². The van der Waals surface area contributed by atoms with Gasteiger partial charge in [-0.1, -0.05) is 67.4 Å². The molecule has 8 heteroatoms. The van der Waals surface area contributed by atoms with Crippen molar-refractivity contribution in [1.82, 2.24) is 10.5 Å². The van der Waals surface area contributed by atoms with Crippen molar-refractivity contribution >= 4 is 29.2 Å². The number of para-hydroxylation sites is 1. The third-order valence-electron chi connectivity index (χ3n) is 6.78. The summed E-state index contributed by atoms with van der Waals surface area (Å²) in [6.45, 7) is 5.68. The molecule has 1 unspecified atom stereocenters. The topological polar surface area (TPSA) is 105 Å². The van der Waals surface area contributed by atoms with Gasteiger partial charge in [-0.15, -0.1) is 0 Å². The van der Waals surface area contributed by atoms with Crippen molar-refractivity contribution in [3.63, 3.8) is 0 Å². The van der Waals surface area contributed by atoms with Crippen LogP contribution >= 0.6 is 0 Å². The van der Waals surface area contributed by atoms with E-state index in [4.69, 9.17) is 4.52 Å². The van der Waals surface area contributed by atoms with Crippen molar-refractivity contribution in [3.8, 4) is 0 Å². The smallest absolute Gasteiger partial charge is 0.252 e. The molecule has 198 valence electrons. The largest absolute Gasteiger partial charge is 0.360 e. The third-order valence-corrected chi connectivity index (χ3v) is 6.78. The fourth-order valence-corrected chi connectivity index (χ4v) is 4.74. The van der Waals surface area contributed by atoms with Gasteiger partial charge >= 0.3 is 0 Å². The van der Waals surface area contributed by atoms with E-state index in [-0.39, 0.29) is 17.8 Å². The number of amides is 3. The Bertz CT molecular complexity index is 1310. The highest BCUT2D eigenvalue weighted by Gasteiger charge is 2.34. The molecule has 1 aliphatic carbocycles. The van der Waals surface area contributed by atoms with Crippen molar-refractivity contribution in [2.24, 2.45) is 0 Å². The van der Waals surface area contributed by atoms with Gasteiger partial charge in [-0.3, -0.25) is 19.3 Å². The summed E-state index contributed by atoms with van der Waals surface area (Å²) in [6, 6.07) is 15.9. The molecule has 0 aliphatic heterocycles. The third kappa shape index (κ3) is 6.56. The summed E-state index contributed by atoms with van der Waals surface area (Å²) in [6.07, 6.45) is 7.19. The molecule has 0 spiro atoms. The van der Waals surface area contributed by atoms with Gasteiger partial charge in [-0.2, -0.15) is 0 Å². The summed E-state index contributed by atoms with van der Waals surface area (Å²) in [4.78, 5) is 41.6. The first-order chi connectivity index (χ1) is 18.4. The van der Waals surface area contributed by atoms with E-state index < -0.39 is 17.9 Å². The van der Waals surface area contributed by atoms with E-state index in [0.717, 1.165) is 49.3 Å². The molecular weight excluding hydrogens is 480 g/mol. The molecule has 1 atom stereocenters. The van der Waals surface area contributed by atoms with Gasteiger partial charge in [0.1, 0.15) is 11.8 Å². The molecule has 1 aromatic heterocycles. The van der Waals surface area contributed by atoms with Crippen LogP contribution in [0.4, 0.5) is 11.5 Å². The first-order valence-electron chi connectivity index (χ1n) is 13.1. The second-order valence-corrected chi connectivity index (χ2v) is 9.63. The maximum absolute atomic E-state index is 13.8. The number of aryl methyl sites for hydroxylation is 3. The maximum atomic E-state index is 13.8. The fraction of sp³-hybridized carbons (Fsp3) is 0.333. The molecule has 0 bridgehead atoms. The highest BCUT2D eigenvalue weighted by atomic mass is 16.5. The number of nitrogens with one attached hydrogen (secondary N) is 2. The lowest BCUT2D eigenvalue weighted by Crippen LogP contribution is -2.46. The van der Waals surface area contributed by atoms with Gasteiger partial charge in [0.05, 0.1) is 0 Å². The minimum atomic E-state index is -0.916. The number of carbonyl (C=O) groups excluding carboxylic acids is 3. The van der Waals surface area contributed by atoms with Crippen molar-refractivity contribution in [2.75, 3.05) is 10.2 Å². The normalized spacial score (nSPS) is 14.4. The van der Waals surface area contributed by atoms with Crippen molar-refractivity contribution in [1.29, 1.82) is 0 Å². The first kappa shape index (κ1) is 26.9. The average Bonchev–Trinajstić information content (AvgIpc) is 3.58. The summed E-state index contributed by atoms with van der Waals surface area (Å²) < 4.78 is 4.97. The summed E-state index contributed by atoms with van der Waals surface area (Å²) in [5, 5.41) is 9.49. The van der Waals surface area contributed by atoms with Crippen LogP contribution in [0.1, 0.15) is 61.1 Å². The number of rotatable bonds is 9. The van der Waals surface area contributed by atoms with Crippen molar-refractivity contribution in [2.45, 2.75) is 65.0 Å². The molecule has 2 N–H and O–H groups in total. The summed E-state index contributed by atoms with van der Waals surface area (Å²) >= 11 is 0. The molecule has 3 amide bonds. The van der Waals surface area contributed by atoms with Gasteiger partial charge < -0.3 is 15.2 Å². The zero-order valence-corrected chi connectivity index (χ0v) is 22.1. The number of benzene rings is 2. The van der Waals surface area contributed by atoms with Gasteiger partial charge in [0.25, 0.3) is 5.91 Å². The van der Waals surface area contributed by atoms with Gasteiger partial charge in [-0.05, 0) is 55.9 Å². The fourth-order valence-electron chi connectivity index (χ4n) is 4.74. The Morgan fingerprint density at radius 2 is 1.76 bits per heavy atom. The van der Waals surface area contributed by atoms with Crippen LogP contribution < -0.4 is 15.5 Å².